The molecular weight excluding hydrogens is 560 g/mol. The molecule has 3 heterocycles. The summed E-state index contributed by atoms with van der Waals surface area (Å²) in [5.41, 5.74) is 3.96. The van der Waals surface area contributed by atoms with Crippen LogP contribution in [0.15, 0.2) is 28.9 Å². The zero-order chi connectivity index (χ0) is 30.6. The lowest BCUT2D eigenvalue weighted by Gasteiger charge is -2.39. The van der Waals surface area contributed by atoms with Crippen molar-refractivity contribution >= 4 is 23.7 Å². The van der Waals surface area contributed by atoms with Gasteiger partial charge < -0.3 is 23.6 Å². The van der Waals surface area contributed by atoms with Crippen molar-refractivity contribution in [3.63, 3.8) is 0 Å². The maximum Gasteiger partial charge on any atom is 0.410 e. The Kier molecular flexibility index (Phi) is 9.76. The molecule has 42 heavy (non-hydrogen) atoms. The number of ether oxygens (including phenoxy) is 3. The summed E-state index contributed by atoms with van der Waals surface area (Å²) >= 11 is 6.36. The molecule has 1 aliphatic heterocycles. The maximum absolute atomic E-state index is 13.2. The molecule has 0 bridgehead atoms. The predicted molar refractivity (Wildman–Crippen MR) is 158 cm³/mol. The van der Waals surface area contributed by atoms with Crippen molar-refractivity contribution in [1.29, 1.82) is 0 Å². The summed E-state index contributed by atoms with van der Waals surface area (Å²) in [5.74, 6) is 0.839. The molecule has 3 aromatic rings. The molecular formula is C31H39ClN4O6. The minimum atomic E-state index is -0.621. The summed E-state index contributed by atoms with van der Waals surface area (Å²) in [4.78, 5) is 35.9. The van der Waals surface area contributed by atoms with E-state index in [-0.39, 0.29) is 30.6 Å². The predicted octanol–water partition coefficient (Wildman–Crippen LogP) is 7.12. The summed E-state index contributed by atoms with van der Waals surface area (Å²) in [6, 6.07) is 5.40. The van der Waals surface area contributed by atoms with E-state index < -0.39 is 5.60 Å². The highest BCUT2D eigenvalue weighted by atomic mass is 35.5. The van der Waals surface area contributed by atoms with Gasteiger partial charge in [-0.3, -0.25) is 4.79 Å². The normalized spacial score (nSPS) is 15.0. The Morgan fingerprint density at radius 1 is 1.24 bits per heavy atom. The molecule has 1 aromatic carbocycles. The smallest absolute Gasteiger partial charge is 0.410 e. The van der Waals surface area contributed by atoms with E-state index >= 15 is 0 Å². The number of halogens is 1. The van der Waals surface area contributed by atoms with Gasteiger partial charge in [-0.2, -0.15) is 4.98 Å². The van der Waals surface area contributed by atoms with Gasteiger partial charge in [0, 0.05) is 24.7 Å². The van der Waals surface area contributed by atoms with E-state index in [4.69, 9.17) is 30.3 Å². The first-order valence-electron chi connectivity index (χ1n) is 14.3. The minimum absolute atomic E-state index is 0.0591. The first kappa shape index (κ1) is 31.3. The van der Waals surface area contributed by atoms with Gasteiger partial charge in [0.05, 0.1) is 24.3 Å². The molecule has 226 valence electrons. The van der Waals surface area contributed by atoms with Crippen LogP contribution in [-0.4, -0.2) is 56.9 Å². The number of hydrogen-bond acceptors (Lipinski definition) is 9. The zero-order valence-electron chi connectivity index (χ0n) is 25.3. The van der Waals surface area contributed by atoms with Crippen LogP contribution in [0.5, 0.6) is 5.88 Å². The van der Waals surface area contributed by atoms with Gasteiger partial charge in [-0.1, -0.05) is 28.9 Å². The average Bonchev–Trinajstić information content (AvgIpc) is 3.39. The molecule has 0 fully saturated rings. The first-order chi connectivity index (χ1) is 19.9. The number of fused-ring (bicyclic) bond motifs is 1. The molecule has 11 heteroatoms. The largest absolute Gasteiger partial charge is 0.474 e. The molecule has 10 nitrogen and oxygen atoms in total. The molecule has 0 aliphatic carbocycles. The van der Waals surface area contributed by atoms with Gasteiger partial charge in [0.15, 0.2) is 0 Å². The lowest BCUT2D eigenvalue weighted by atomic mass is 9.85. The van der Waals surface area contributed by atoms with Crippen molar-refractivity contribution in [2.75, 3.05) is 13.2 Å². The van der Waals surface area contributed by atoms with E-state index in [2.05, 4.69) is 15.1 Å². The van der Waals surface area contributed by atoms with Crippen LogP contribution in [-0.2, 0) is 20.7 Å². The minimum Gasteiger partial charge on any atom is -0.474 e. The third kappa shape index (κ3) is 7.40. The van der Waals surface area contributed by atoms with Gasteiger partial charge in [0.2, 0.25) is 11.7 Å². The third-order valence-electron chi connectivity index (χ3n) is 6.83. The van der Waals surface area contributed by atoms with Crippen LogP contribution in [0.3, 0.4) is 0 Å². The number of amides is 1. The molecule has 0 radical (unpaired) electrons. The lowest BCUT2D eigenvalue weighted by Crippen LogP contribution is -2.43. The molecule has 0 spiro atoms. The van der Waals surface area contributed by atoms with E-state index in [1.165, 1.54) is 0 Å². The Bertz CT molecular complexity index is 1430. The van der Waals surface area contributed by atoms with Crippen LogP contribution in [0, 0.1) is 6.92 Å². The Morgan fingerprint density at radius 3 is 2.67 bits per heavy atom. The second kappa shape index (κ2) is 13.1. The van der Waals surface area contributed by atoms with E-state index in [1.54, 1.807) is 24.1 Å². The van der Waals surface area contributed by atoms with Gasteiger partial charge in [-0.05, 0) is 90.5 Å². The van der Waals surface area contributed by atoms with Crippen molar-refractivity contribution in [2.24, 2.45) is 0 Å². The molecule has 0 saturated heterocycles. The molecule has 1 aliphatic rings. The van der Waals surface area contributed by atoms with E-state index in [0.717, 1.165) is 22.3 Å². The number of esters is 1. The number of carbonyl (C=O) groups excluding carboxylic acids is 2. The number of benzene rings is 1. The van der Waals surface area contributed by atoms with Crippen LogP contribution in [0.1, 0.15) is 83.5 Å². The number of pyridine rings is 1. The fourth-order valence-electron chi connectivity index (χ4n) is 5.05. The van der Waals surface area contributed by atoms with Crippen LogP contribution in [0.4, 0.5) is 4.79 Å². The summed E-state index contributed by atoms with van der Waals surface area (Å²) < 4.78 is 22.0. The highest BCUT2D eigenvalue weighted by Gasteiger charge is 2.35. The van der Waals surface area contributed by atoms with Crippen molar-refractivity contribution in [3.8, 4) is 28.7 Å². The van der Waals surface area contributed by atoms with Crippen molar-refractivity contribution < 1.29 is 28.3 Å². The summed E-state index contributed by atoms with van der Waals surface area (Å²) in [6.07, 6.45) is 3.27. The van der Waals surface area contributed by atoms with Gasteiger partial charge in [0.1, 0.15) is 10.6 Å². The SMILES string of the molecule is CCOC(=O)CCCC1c2ccc(-c3noc(-c4cnc(OC(C)C)c(Cl)c4)n3)c(C)c2CCN1C(=O)OC(C)(C)C. The lowest BCUT2D eigenvalue weighted by molar-refractivity contribution is -0.143. The number of nitrogens with zero attached hydrogens (tertiary/aromatic N) is 4. The van der Waals surface area contributed by atoms with Crippen LogP contribution in [0.2, 0.25) is 5.02 Å². The molecule has 1 amide bonds. The number of rotatable bonds is 9. The Balaban J connectivity index is 1.62. The third-order valence-corrected chi connectivity index (χ3v) is 7.10. The topological polar surface area (TPSA) is 117 Å². The van der Waals surface area contributed by atoms with Crippen LogP contribution >= 0.6 is 11.6 Å². The molecule has 1 unspecified atom stereocenters. The number of hydrogen-bond donors (Lipinski definition) is 0. The fraction of sp³-hybridized carbons (Fsp3) is 0.516. The summed E-state index contributed by atoms with van der Waals surface area (Å²) in [5, 5.41) is 4.59. The summed E-state index contributed by atoms with van der Waals surface area (Å²) in [7, 11) is 0. The molecule has 1 atom stereocenters. The standard InChI is InChI=1S/C31H39ClN4O6/c1-8-39-26(37)11-9-10-25-23-13-12-22(19(4)21(23)14-15-36(25)30(38)41-31(5,6)7)27-34-28(42-35-27)20-16-24(32)29(33-17-20)40-18(2)3/h12-13,16-18,25H,8-11,14-15H2,1-7H3. The van der Waals surface area contributed by atoms with E-state index in [0.29, 0.717) is 60.6 Å². The molecule has 0 N–H and O–H groups in total. The molecule has 4 rings (SSSR count). The van der Waals surface area contributed by atoms with Gasteiger partial charge in [-0.15, -0.1) is 0 Å². The highest BCUT2D eigenvalue weighted by molar-refractivity contribution is 6.32. The van der Waals surface area contributed by atoms with Crippen molar-refractivity contribution in [3.05, 3.63) is 46.1 Å². The molecule has 0 saturated carbocycles. The fourth-order valence-corrected chi connectivity index (χ4v) is 5.26. The Hall–Kier alpha value is -3.66. The Labute approximate surface area is 251 Å². The van der Waals surface area contributed by atoms with Gasteiger partial charge in [-0.25, -0.2) is 9.78 Å². The van der Waals surface area contributed by atoms with E-state index in [9.17, 15) is 9.59 Å². The molecule has 2 aromatic heterocycles. The van der Waals surface area contributed by atoms with E-state index in [1.807, 2.05) is 53.7 Å². The second-order valence-electron chi connectivity index (χ2n) is 11.5. The monoisotopic (exact) mass is 598 g/mol. The number of aromatic nitrogens is 3. The second-order valence-corrected chi connectivity index (χ2v) is 12.0. The van der Waals surface area contributed by atoms with Crippen molar-refractivity contribution in [2.45, 2.75) is 91.9 Å². The van der Waals surface area contributed by atoms with Crippen molar-refractivity contribution in [1.82, 2.24) is 20.0 Å². The zero-order valence-corrected chi connectivity index (χ0v) is 26.1. The van der Waals surface area contributed by atoms with Crippen LogP contribution in [0.25, 0.3) is 22.8 Å². The maximum atomic E-state index is 13.2. The Morgan fingerprint density at radius 2 is 2.00 bits per heavy atom. The highest BCUT2D eigenvalue weighted by Crippen LogP contribution is 2.39. The van der Waals surface area contributed by atoms with Gasteiger partial charge in [0.25, 0.3) is 5.89 Å². The summed E-state index contributed by atoms with van der Waals surface area (Å²) in [6.45, 7) is 14.0. The van der Waals surface area contributed by atoms with Gasteiger partial charge >= 0.3 is 12.1 Å². The number of carbonyl (C=O) groups is 2. The first-order valence-corrected chi connectivity index (χ1v) is 14.7. The van der Waals surface area contributed by atoms with Crippen LogP contribution < -0.4 is 4.74 Å². The average molecular weight is 599 g/mol. The quantitative estimate of drug-likeness (QED) is 0.237.